The molecule has 0 bridgehead atoms. The topological polar surface area (TPSA) is 64.2 Å². The maximum atomic E-state index is 12.1. The van der Waals surface area contributed by atoms with E-state index in [2.05, 4.69) is 32.9 Å². The fourth-order valence-corrected chi connectivity index (χ4v) is 2.79. The van der Waals surface area contributed by atoms with Gasteiger partial charge in [-0.2, -0.15) is 5.10 Å². The molecule has 0 radical (unpaired) electrons. The Hall–Kier alpha value is -0.880. The van der Waals surface area contributed by atoms with E-state index in [1.807, 2.05) is 6.92 Å². The Kier molecular flexibility index (Phi) is 4.07. The van der Waals surface area contributed by atoms with Gasteiger partial charge in [-0.1, -0.05) is 13.8 Å². The molecule has 0 aromatic carbocycles. The van der Waals surface area contributed by atoms with Crippen molar-refractivity contribution < 1.29 is 0 Å². The highest BCUT2D eigenvalue weighted by Gasteiger charge is 2.28. The van der Waals surface area contributed by atoms with Gasteiger partial charge in [0.05, 0.1) is 11.9 Å². The molecule has 0 saturated carbocycles. The second-order valence-electron chi connectivity index (χ2n) is 4.92. The molecule has 5 nitrogen and oxygen atoms in total. The fraction of sp³-hybridized carbons (Fsp3) is 0.667. The summed E-state index contributed by atoms with van der Waals surface area (Å²) in [5, 5.41) is 4.22. The highest BCUT2D eigenvalue weighted by Crippen LogP contribution is 2.27. The summed E-state index contributed by atoms with van der Waals surface area (Å²) in [6.07, 6.45) is 2.65. The molecule has 2 rings (SSSR count). The molecular formula is C12H19BrN4O. The van der Waals surface area contributed by atoms with E-state index < -0.39 is 0 Å². The molecule has 0 spiro atoms. The molecule has 1 saturated heterocycles. The summed E-state index contributed by atoms with van der Waals surface area (Å²) in [4.78, 5) is 14.2. The molecular weight excluding hydrogens is 296 g/mol. The van der Waals surface area contributed by atoms with Gasteiger partial charge in [0.25, 0.3) is 5.56 Å². The van der Waals surface area contributed by atoms with Crippen molar-refractivity contribution >= 4 is 21.6 Å². The lowest BCUT2D eigenvalue weighted by Crippen LogP contribution is -2.30. The van der Waals surface area contributed by atoms with Crippen LogP contribution >= 0.6 is 15.9 Å². The minimum Gasteiger partial charge on any atom is -0.367 e. The normalized spacial score (nSPS) is 23.7. The van der Waals surface area contributed by atoms with Crippen LogP contribution in [0.15, 0.2) is 15.5 Å². The average Bonchev–Trinajstić information content (AvgIpc) is 2.66. The maximum Gasteiger partial charge on any atom is 0.283 e. The monoisotopic (exact) mass is 314 g/mol. The first-order valence-corrected chi connectivity index (χ1v) is 7.10. The van der Waals surface area contributed by atoms with Gasteiger partial charge in [-0.3, -0.25) is 4.79 Å². The van der Waals surface area contributed by atoms with Crippen molar-refractivity contribution in [3.05, 3.63) is 21.0 Å². The van der Waals surface area contributed by atoms with E-state index in [1.165, 1.54) is 4.68 Å². The van der Waals surface area contributed by atoms with Crippen LogP contribution in [0.3, 0.4) is 0 Å². The fourth-order valence-electron chi connectivity index (χ4n) is 2.24. The van der Waals surface area contributed by atoms with Crippen molar-refractivity contribution in [2.75, 3.05) is 18.0 Å². The highest BCUT2D eigenvalue weighted by atomic mass is 79.9. The van der Waals surface area contributed by atoms with Crippen LogP contribution in [0.1, 0.15) is 20.3 Å². The van der Waals surface area contributed by atoms with Crippen molar-refractivity contribution in [2.45, 2.75) is 32.9 Å². The van der Waals surface area contributed by atoms with Gasteiger partial charge in [0.1, 0.15) is 4.47 Å². The molecule has 2 unspecified atom stereocenters. The van der Waals surface area contributed by atoms with Crippen LogP contribution < -0.4 is 16.2 Å². The third-order valence-electron chi connectivity index (χ3n) is 3.41. The van der Waals surface area contributed by atoms with E-state index in [0.29, 0.717) is 16.9 Å². The molecule has 2 N–H and O–H groups in total. The zero-order chi connectivity index (χ0) is 13.3. The Labute approximate surface area is 115 Å². The Balaban J connectivity index is 2.30. The minimum absolute atomic E-state index is 0.0672. The number of hydrogen-bond donors (Lipinski definition) is 1. The third kappa shape index (κ3) is 2.44. The molecule has 6 heteroatoms. The van der Waals surface area contributed by atoms with E-state index in [0.717, 1.165) is 25.2 Å². The quantitative estimate of drug-likeness (QED) is 0.910. The van der Waals surface area contributed by atoms with Crippen LogP contribution in [-0.2, 0) is 6.54 Å². The van der Waals surface area contributed by atoms with Gasteiger partial charge in [-0.05, 0) is 28.3 Å². The molecule has 1 aliphatic heterocycles. The lowest BCUT2D eigenvalue weighted by atomic mass is 10.1. The molecule has 1 aromatic heterocycles. The number of aromatic nitrogens is 2. The molecule has 1 fully saturated rings. The van der Waals surface area contributed by atoms with E-state index in [4.69, 9.17) is 5.73 Å². The lowest BCUT2D eigenvalue weighted by Gasteiger charge is -2.19. The number of nitrogens with two attached hydrogens (primary N) is 1. The summed E-state index contributed by atoms with van der Waals surface area (Å²) in [5.74, 6) is 0.440. The number of halogens is 1. The first-order chi connectivity index (χ1) is 8.54. The zero-order valence-corrected chi connectivity index (χ0v) is 12.4. The Morgan fingerprint density at radius 1 is 1.56 bits per heavy atom. The van der Waals surface area contributed by atoms with Gasteiger partial charge in [-0.25, -0.2) is 4.68 Å². The van der Waals surface area contributed by atoms with Crippen LogP contribution in [0.25, 0.3) is 0 Å². The van der Waals surface area contributed by atoms with E-state index >= 15 is 0 Å². The summed E-state index contributed by atoms with van der Waals surface area (Å²) < 4.78 is 2.08. The number of hydrogen-bond acceptors (Lipinski definition) is 4. The highest BCUT2D eigenvalue weighted by molar-refractivity contribution is 9.10. The number of aryl methyl sites for hydroxylation is 1. The predicted molar refractivity (Wildman–Crippen MR) is 75.8 cm³/mol. The van der Waals surface area contributed by atoms with Gasteiger partial charge in [-0.15, -0.1) is 0 Å². The smallest absolute Gasteiger partial charge is 0.283 e. The summed E-state index contributed by atoms with van der Waals surface area (Å²) in [5.41, 5.74) is 6.80. The standard InChI is InChI=1S/C12H19BrN4O/c1-3-4-17-12(18)11(13)10(5-15-17)16-6-8(2)9(14)7-16/h5,8-9H,3-4,6-7,14H2,1-2H3. The van der Waals surface area contributed by atoms with Crippen molar-refractivity contribution in [1.82, 2.24) is 9.78 Å². The largest absolute Gasteiger partial charge is 0.367 e. The van der Waals surface area contributed by atoms with Crippen molar-refractivity contribution in [2.24, 2.45) is 11.7 Å². The summed E-state index contributed by atoms with van der Waals surface area (Å²) in [6, 6.07) is 0.162. The van der Waals surface area contributed by atoms with Crippen LogP contribution in [0, 0.1) is 5.92 Å². The number of rotatable bonds is 3. The lowest BCUT2D eigenvalue weighted by molar-refractivity contribution is 0.563. The first-order valence-electron chi connectivity index (χ1n) is 6.30. The van der Waals surface area contributed by atoms with Gasteiger partial charge in [0.15, 0.2) is 0 Å². The first kappa shape index (κ1) is 13.5. The number of anilines is 1. The van der Waals surface area contributed by atoms with Gasteiger partial charge >= 0.3 is 0 Å². The number of nitrogens with zero attached hydrogens (tertiary/aromatic N) is 3. The van der Waals surface area contributed by atoms with Crippen LogP contribution in [0.4, 0.5) is 5.69 Å². The summed E-state index contributed by atoms with van der Waals surface area (Å²) in [6.45, 7) is 6.45. The Morgan fingerprint density at radius 3 is 2.83 bits per heavy atom. The average molecular weight is 315 g/mol. The minimum atomic E-state index is -0.0672. The molecule has 1 aromatic rings. The SMILES string of the molecule is CCCn1ncc(N2CC(C)C(N)C2)c(Br)c1=O. The molecule has 1 aliphatic rings. The van der Waals surface area contributed by atoms with Crippen molar-refractivity contribution in [3.63, 3.8) is 0 Å². The second-order valence-corrected chi connectivity index (χ2v) is 5.71. The van der Waals surface area contributed by atoms with E-state index in [9.17, 15) is 4.79 Å². The van der Waals surface area contributed by atoms with Gasteiger partial charge < -0.3 is 10.6 Å². The second kappa shape index (κ2) is 5.40. The van der Waals surface area contributed by atoms with Crippen LogP contribution in [0.2, 0.25) is 0 Å². The van der Waals surface area contributed by atoms with Crippen molar-refractivity contribution in [3.8, 4) is 0 Å². The molecule has 2 atom stereocenters. The molecule has 18 heavy (non-hydrogen) atoms. The van der Waals surface area contributed by atoms with E-state index in [-0.39, 0.29) is 11.6 Å². The molecule has 2 heterocycles. The zero-order valence-electron chi connectivity index (χ0n) is 10.8. The summed E-state index contributed by atoms with van der Waals surface area (Å²) >= 11 is 3.40. The third-order valence-corrected chi connectivity index (χ3v) is 4.16. The predicted octanol–water partition coefficient (Wildman–Crippen LogP) is 1.20. The van der Waals surface area contributed by atoms with Crippen LogP contribution in [-0.4, -0.2) is 28.9 Å². The molecule has 0 amide bonds. The van der Waals surface area contributed by atoms with Gasteiger partial charge in [0.2, 0.25) is 0 Å². The maximum absolute atomic E-state index is 12.1. The van der Waals surface area contributed by atoms with E-state index in [1.54, 1.807) is 6.20 Å². The van der Waals surface area contributed by atoms with Gasteiger partial charge in [0, 0.05) is 25.7 Å². The van der Waals surface area contributed by atoms with Crippen LogP contribution in [0.5, 0.6) is 0 Å². The van der Waals surface area contributed by atoms with Crippen molar-refractivity contribution in [1.29, 1.82) is 0 Å². The molecule has 100 valence electrons. The Bertz CT molecular complexity index is 477. The molecule has 0 aliphatic carbocycles. The Morgan fingerprint density at radius 2 is 2.28 bits per heavy atom. The summed E-state index contributed by atoms with van der Waals surface area (Å²) in [7, 11) is 0.